The van der Waals surface area contributed by atoms with Crippen LogP contribution in [0, 0.1) is 0 Å². The smallest absolute Gasteiger partial charge is 0.305 e. The summed E-state index contributed by atoms with van der Waals surface area (Å²) in [5.41, 5.74) is 0. The van der Waals surface area contributed by atoms with E-state index >= 15 is 0 Å². The predicted octanol–water partition coefficient (Wildman–Crippen LogP) is 1.46. The van der Waals surface area contributed by atoms with Crippen LogP contribution in [-0.2, 0) is 9.53 Å². The molecule has 0 aliphatic heterocycles. The van der Waals surface area contributed by atoms with Crippen LogP contribution in [-0.4, -0.2) is 39.2 Å². The van der Waals surface area contributed by atoms with Crippen LogP contribution in [0.5, 0.6) is 0 Å². The van der Waals surface area contributed by atoms with Crippen LogP contribution in [0.2, 0.25) is 0 Å². The summed E-state index contributed by atoms with van der Waals surface area (Å²) in [4.78, 5) is 14.9. The van der Waals surface area contributed by atoms with Crippen LogP contribution in [0.3, 0.4) is 0 Å². The van der Waals surface area contributed by atoms with E-state index in [-0.39, 0.29) is 5.97 Å². The third-order valence-electron chi connectivity index (χ3n) is 2.47. The van der Waals surface area contributed by atoms with E-state index < -0.39 is 0 Å². The average molecular weight is 255 g/mol. The molecule has 0 spiro atoms. The number of ether oxygens (including phenoxy) is 1. The Balaban J connectivity index is 3.38. The summed E-state index contributed by atoms with van der Waals surface area (Å²) >= 11 is 0. The van der Waals surface area contributed by atoms with Crippen LogP contribution in [0.4, 0.5) is 0 Å². The van der Waals surface area contributed by atoms with Crippen molar-refractivity contribution in [3.8, 4) is 0 Å². The Labute approximate surface area is 110 Å². The first-order valence-corrected chi connectivity index (χ1v) is 6.36. The molecule has 0 aromatic rings. The maximum absolute atomic E-state index is 10.9. The summed E-state index contributed by atoms with van der Waals surface area (Å²) in [6, 6.07) is 0. The molecular formula is C13H25N3O2. The molecule has 104 valence electrons. The zero-order valence-corrected chi connectivity index (χ0v) is 11.5. The molecule has 0 heterocycles. The van der Waals surface area contributed by atoms with Crippen molar-refractivity contribution < 1.29 is 9.53 Å². The largest absolute Gasteiger partial charge is 0.469 e. The van der Waals surface area contributed by atoms with Gasteiger partial charge in [0.1, 0.15) is 0 Å². The van der Waals surface area contributed by atoms with Crippen LogP contribution in [0.1, 0.15) is 32.1 Å². The van der Waals surface area contributed by atoms with Gasteiger partial charge in [0.25, 0.3) is 0 Å². The minimum atomic E-state index is -0.123. The van der Waals surface area contributed by atoms with Gasteiger partial charge in [0.05, 0.1) is 7.11 Å². The van der Waals surface area contributed by atoms with Crippen molar-refractivity contribution in [3.63, 3.8) is 0 Å². The van der Waals surface area contributed by atoms with Crippen LogP contribution < -0.4 is 10.6 Å². The van der Waals surface area contributed by atoms with E-state index in [4.69, 9.17) is 0 Å². The number of hydrogen-bond acceptors (Lipinski definition) is 3. The fourth-order valence-corrected chi connectivity index (χ4v) is 1.45. The molecule has 0 fully saturated rings. The average Bonchev–Trinajstić information content (AvgIpc) is 2.40. The Morgan fingerprint density at radius 1 is 1.28 bits per heavy atom. The van der Waals surface area contributed by atoms with Gasteiger partial charge in [-0.1, -0.05) is 18.9 Å². The van der Waals surface area contributed by atoms with Gasteiger partial charge in [-0.2, -0.15) is 0 Å². The van der Waals surface area contributed by atoms with E-state index in [1.807, 2.05) is 0 Å². The minimum Gasteiger partial charge on any atom is -0.469 e. The van der Waals surface area contributed by atoms with Gasteiger partial charge in [0, 0.05) is 26.6 Å². The minimum absolute atomic E-state index is 0.123. The van der Waals surface area contributed by atoms with Crippen molar-refractivity contribution in [2.75, 3.05) is 27.2 Å². The first-order chi connectivity index (χ1) is 8.74. The molecule has 2 N–H and O–H groups in total. The van der Waals surface area contributed by atoms with E-state index in [0.29, 0.717) is 13.0 Å². The number of nitrogens with one attached hydrogen (secondary N) is 2. The van der Waals surface area contributed by atoms with Crippen molar-refractivity contribution >= 4 is 11.9 Å². The van der Waals surface area contributed by atoms with Crippen molar-refractivity contribution in [2.45, 2.75) is 32.1 Å². The lowest BCUT2D eigenvalue weighted by atomic mass is 10.1. The highest BCUT2D eigenvalue weighted by atomic mass is 16.5. The van der Waals surface area contributed by atoms with E-state index in [1.165, 1.54) is 7.11 Å². The Kier molecular flexibility index (Phi) is 10.9. The van der Waals surface area contributed by atoms with E-state index in [9.17, 15) is 4.79 Å². The van der Waals surface area contributed by atoms with Crippen molar-refractivity contribution in [3.05, 3.63) is 12.7 Å². The van der Waals surface area contributed by atoms with Gasteiger partial charge in [-0.05, 0) is 12.8 Å². The SMILES string of the molecule is C=CCNC(=NC)NCCCCCCC(=O)OC. The van der Waals surface area contributed by atoms with Gasteiger partial charge in [0.2, 0.25) is 0 Å². The molecule has 0 saturated carbocycles. The quantitative estimate of drug-likeness (QED) is 0.215. The molecular weight excluding hydrogens is 230 g/mol. The molecule has 0 aromatic heterocycles. The molecule has 0 aromatic carbocycles. The Morgan fingerprint density at radius 3 is 2.61 bits per heavy atom. The zero-order valence-electron chi connectivity index (χ0n) is 11.5. The number of carbonyl (C=O) groups excluding carboxylic acids is 1. The first-order valence-electron chi connectivity index (χ1n) is 6.36. The van der Waals surface area contributed by atoms with E-state index in [2.05, 4.69) is 26.9 Å². The molecule has 5 nitrogen and oxygen atoms in total. The Bertz CT molecular complexity index is 265. The fraction of sp³-hybridized carbons (Fsp3) is 0.692. The molecule has 0 aliphatic carbocycles. The number of aliphatic imine (C=N–C) groups is 1. The summed E-state index contributed by atoms with van der Waals surface area (Å²) in [6.45, 7) is 5.23. The summed E-state index contributed by atoms with van der Waals surface area (Å²) in [6.07, 6.45) is 6.43. The molecule has 0 aliphatic rings. The molecule has 18 heavy (non-hydrogen) atoms. The second-order valence-corrected chi connectivity index (χ2v) is 3.91. The number of guanidine groups is 1. The lowest BCUT2D eigenvalue weighted by Crippen LogP contribution is -2.37. The number of rotatable bonds is 9. The van der Waals surface area contributed by atoms with Gasteiger partial charge in [0.15, 0.2) is 5.96 Å². The molecule has 0 saturated heterocycles. The topological polar surface area (TPSA) is 62.7 Å². The number of hydrogen-bond donors (Lipinski definition) is 2. The molecule has 0 radical (unpaired) electrons. The van der Waals surface area contributed by atoms with Gasteiger partial charge in [-0.15, -0.1) is 6.58 Å². The Morgan fingerprint density at radius 2 is 2.00 bits per heavy atom. The van der Waals surface area contributed by atoms with Crippen LogP contribution in [0.25, 0.3) is 0 Å². The van der Waals surface area contributed by atoms with E-state index in [1.54, 1.807) is 13.1 Å². The number of nitrogens with zero attached hydrogens (tertiary/aromatic N) is 1. The number of carbonyl (C=O) groups is 1. The molecule has 0 bridgehead atoms. The van der Waals surface area contributed by atoms with Crippen molar-refractivity contribution in [1.82, 2.24) is 10.6 Å². The zero-order chi connectivity index (χ0) is 13.6. The maximum Gasteiger partial charge on any atom is 0.305 e. The number of esters is 1. The molecule has 5 heteroatoms. The number of unbranched alkanes of at least 4 members (excludes halogenated alkanes) is 3. The normalized spacial score (nSPS) is 10.9. The highest BCUT2D eigenvalue weighted by Gasteiger charge is 1.99. The summed E-state index contributed by atoms with van der Waals surface area (Å²) in [5.74, 6) is 0.673. The Hall–Kier alpha value is -1.52. The third kappa shape index (κ3) is 9.69. The first kappa shape index (κ1) is 16.5. The lowest BCUT2D eigenvalue weighted by molar-refractivity contribution is -0.140. The highest BCUT2D eigenvalue weighted by Crippen LogP contribution is 2.03. The van der Waals surface area contributed by atoms with Crippen molar-refractivity contribution in [1.29, 1.82) is 0 Å². The third-order valence-corrected chi connectivity index (χ3v) is 2.47. The van der Waals surface area contributed by atoms with E-state index in [0.717, 1.165) is 38.2 Å². The standard InChI is InChI=1S/C13H25N3O2/c1-4-10-15-13(14-2)16-11-8-6-5-7-9-12(17)18-3/h4H,1,5-11H2,2-3H3,(H2,14,15,16). The maximum atomic E-state index is 10.9. The molecule has 0 atom stereocenters. The second-order valence-electron chi connectivity index (χ2n) is 3.91. The summed E-state index contributed by atoms with van der Waals surface area (Å²) in [7, 11) is 3.17. The van der Waals surface area contributed by atoms with Crippen molar-refractivity contribution in [2.24, 2.45) is 4.99 Å². The van der Waals surface area contributed by atoms with Crippen LogP contribution >= 0.6 is 0 Å². The molecule has 0 rings (SSSR count). The predicted molar refractivity (Wildman–Crippen MR) is 74.7 cm³/mol. The summed E-state index contributed by atoms with van der Waals surface area (Å²) in [5, 5.41) is 6.32. The second kappa shape index (κ2) is 12.0. The van der Waals surface area contributed by atoms with Gasteiger partial charge >= 0.3 is 5.97 Å². The highest BCUT2D eigenvalue weighted by molar-refractivity contribution is 5.79. The van der Waals surface area contributed by atoms with Crippen LogP contribution in [0.15, 0.2) is 17.6 Å². The van der Waals surface area contributed by atoms with Gasteiger partial charge in [-0.25, -0.2) is 0 Å². The van der Waals surface area contributed by atoms with Gasteiger partial charge in [-0.3, -0.25) is 9.79 Å². The molecule has 0 unspecified atom stereocenters. The molecule has 0 amide bonds. The lowest BCUT2D eigenvalue weighted by Gasteiger charge is -2.09. The van der Waals surface area contributed by atoms with Gasteiger partial charge < -0.3 is 15.4 Å². The number of methoxy groups -OCH3 is 1. The summed E-state index contributed by atoms with van der Waals surface area (Å²) < 4.78 is 4.58. The fourth-order valence-electron chi connectivity index (χ4n) is 1.45. The monoisotopic (exact) mass is 255 g/mol.